The quantitative estimate of drug-likeness (QED) is 0.221. The zero-order valence-electron chi connectivity index (χ0n) is 21.8. The van der Waals surface area contributed by atoms with Crippen molar-refractivity contribution in [3.05, 3.63) is 66.2 Å². The summed E-state index contributed by atoms with van der Waals surface area (Å²) in [7, 11) is 5.26. The van der Waals surface area contributed by atoms with E-state index in [0.717, 1.165) is 11.1 Å². The van der Waals surface area contributed by atoms with Crippen LogP contribution in [0.25, 0.3) is 11.4 Å². The molecular weight excluding hydrogens is 482 g/mol. The Balaban J connectivity index is 1.62. The maximum atomic E-state index is 12.7. The molecule has 11 heteroatoms. The number of ketones is 1. The highest BCUT2D eigenvalue weighted by atomic mass is 16.5. The molecule has 38 heavy (non-hydrogen) atoms. The number of pyridine rings is 2. The largest absolute Gasteiger partial charge is 0.494 e. The predicted octanol–water partition coefficient (Wildman–Crippen LogP) is 4.32. The number of carbonyl (C=O) groups is 1. The summed E-state index contributed by atoms with van der Waals surface area (Å²) in [5.74, 6) is 2.16. The molecule has 4 rings (SSSR count). The van der Waals surface area contributed by atoms with Gasteiger partial charge in [-0.25, -0.2) is 15.0 Å². The standard InChI is InChI=1S/C27H29N9O2/c1-5-23(37)20-15-30-25(33-24-10-9-18(14-29-24)16-35(2)12-11-28)13-22(20)32-21-8-6-7-19(26(21)38-4)27-31-17-36(3)34-27/h6-10,13-15,17H,5,12,16H2,1-4H3,(H2,29,30,32,33). The number of rotatable bonds is 11. The van der Waals surface area contributed by atoms with Crippen LogP contribution in [0.3, 0.4) is 0 Å². The molecule has 0 atom stereocenters. The van der Waals surface area contributed by atoms with E-state index in [2.05, 4.69) is 36.8 Å². The van der Waals surface area contributed by atoms with Crippen LogP contribution in [0.2, 0.25) is 0 Å². The molecule has 3 heterocycles. The van der Waals surface area contributed by atoms with Gasteiger partial charge in [-0.15, -0.1) is 0 Å². The van der Waals surface area contributed by atoms with Gasteiger partial charge in [-0.05, 0) is 30.8 Å². The third-order valence-corrected chi connectivity index (χ3v) is 5.73. The van der Waals surface area contributed by atoms with Crippen molar-refractivity contribution >= 4 is 28.8 Å². The van der Waals surface area contributed by atoms with E-state index >= 15 is 0 Å². The molecule has 1 aromatic carbocycles. The van der Waals surface area contributed by atoms with Crippen molar-refractivity contribution in [2.24, 2.45) is 7.05 Å². The fourth-order valence-corrected chi connectivity index (χ4v) is 3.89. The third-order valence-electron chi connectivity index (χ3n) is 5.73. The number of aryl methyl sites for hydroxylation is 1. The summed E-state index contributed by atoms with van der Waals surface area (Å²) < 4.78 is 7.34. The molecule has 0 spiro atoms. The van der Waals surface area contributed by atoms with Gasteiger partial charge >= 0.3 is 0 Å². The van der Waals surface area contributed by atoms with E-state index in [0.29, 0.717) is 59.7 Å². The highest BCUT2D eigenvalue weighted by Gasteiger charge is 2.18. The molecule has 3 aromatic heterocycles. The zero-order valence-corrected chi connectivity index (χ0v) is 21.8. The number of aromatic nitrogens is 5. The van der Waals surface area contributed by atoms with Crippen LogP contribution in [0.1, 0.15) is 29.3 Å². The Morgan fingerprint density at radius 3 is 2.58 bits per heavy atom. The van der Waals surface area contributed by atoms with E-state index in [-0.39, 0.29) is 5.78 Å². The molecule has 0 unspecified atom stereocenters. The number of nitrogens with zero attached hydrogens (tertiary/aromatic N) is 7. The van der Waals surface area contributed by atoms with Gasteiger partial charge in [-0.1, -0.05) is 19.1 Å². The lowest BCUT2D eigenvalue weighted by atomic mass is 10.1. The number of carbonyl (C=O) groups excluding carboxylic acids is 1. The lowest BCUT2D eigenvalue weighted by Crippen LogP contribution is -2.17. The molecule has 0 aliphatic carbocycles. The summed E-state index contributed by atoms with van der Waals surface area (Å²) in [6, 6.07) is 13.3. The van der Waals surface area contributed by atoms with Crippen molar-refractivity contribution in [2.45, 2.75) is 19.9 Å². The second kappa shape index (κ2) is 11.9. The van der Waals surface area contributed by atoms with Crippen LogP contribution in [0.15, 0.2) is 55.1 Å². The van der Waals surface area contributed by atoms with Crippen LogP contribution < -0.4 is 15.4 Å². The highest BCUT2D eigenvalue weighted by molar-refractivity contribution is 6.02. The van der Waals surface area contributed by atoms with E-state index < -0.39 is 0 Å². The van der Waals surface area contributed by atoms with Crippen LogP contribution in [0.4, 0.5) is 23.0 Å². The van der Waals surface area contributed by atoms with Gasteiger partial charge in [0.15, 0.2) is 17.4 Å². The Bertz CT molecular complexity index is 1460. The third kappa shape index (κ3) is 6.11. The first kappa shape index (κ1) is 26.2. The lowest BCUT2D eigenvalue weighted by Gasteiger charge is -2.17. The number of benzene rings is 1. The SMILES string of the molecule is CCC(=O)c1cnc(Nc2ccc(CN(C)CC#N)cn2)cc1Nc1cccc(-c2ncn(C)n2)c1OC. The molecule has 0 saturated carbocycles. The molecule has 0 fully saturated rings. The fraction of sp³-hybridized carbons (Fsp3) is 0.259. The normalized spacial score (nSPS) is 10.7. The lowest BCUT2D eigenvalue weighted by molar-refractivity contribution is 0.0988. The maximum absolute atomic E-state index is 12.7. The van der Waals surface area contributed by atoms with E-state index in [1.807, 2.05) is 49.2 Å². The van der Waals surface area contributed by atoms with Crippen LogP contribution >= 0.6 is 0 Å². The smallest absolute Gasteiger partial charge is 0.184 e. The first-order valence-corrected chi connectivity index (χ1v) is 12.0. The average molecular weight is 512 g/mol. The van der Waals surface area contributed by atoms with Gasteiger partial charge in [0.05, 0.1) is 42.2 Å². The Morgan fingerprint density at radius 2 is 1.92 bits per heavy atom. The molecule has 194 valence electrons. The van der Waals surface area contributed by atoms with Gasteiger partial charge in [0.1, 0.15) is 18.0 Å². The van der Waals surface area contributed by atoms with Crippen molar-refractivity contribution in [2.75, 3.05) is 31.3 Å². The second-order valence-electron chi connectivity index (χ2n) is 8.65. The topological polar surface area (TPSA) is 134 Å². The Hall–Kier alpha value is -4.82. The summed E-state index contributed by atoms with van der Waals surface area (Å²) in [5.41, 5.74) is 3.41. The van der Waals surface area contributed by atoms with Crippen molar-refractivity contribution in [3.63, 3.8) is 0 Å². The minimum atomic E-state index is -0.0444. The maximum Gasteiger partial charge on any atom is 0.184 e. The number of methoxy groups -OCH3 is 1. The van der Waals surface area contributed by atoms with Crippen LogP contribution in [-0.2, 0) is 13.6 Å². The van der Waals surface area contributed by atoms with Crippen molar-refractivity contribution in [3.8, 4) is 23.2 Å². The van der Waals surface area contributed by atoms with E-state index in [1.165, 1.54) is 0 Å². The molecule has 0 aliphatic heterocycles. The Morgan fingerprint density at radius 1 is 1.11 bits per heavy atom. The van der Waals surface area contributed by atoms with Gasteiger partial charge in [0.25, 0.3) is 0 Å². The first-order chi connectivity index (χ1) is 18.4. The summed E-state index contributed by atoms with van der Waals surface area (Å²) >= 11 is 0. The van der Waals surface area contributed by atoms with E-state index in [9.17, 15) is 4.79 Å². The van der Waals surface area contributed by atoms with Gasteiger partial charge < -0.3 is 15.4 Å². The van der Waals surface area contributed by atoms with Gasteiger partial charge in [0.2, 0.25) is 0 Å². The first-order valence-electron chi connectivity index (χ1n) is 12.0. The zero-order chi connectivity index (χ0) is 27.1. The number of hydrogen-bond donors (Lipinski definition) is 2. The van der Waals surface area contributed by atoms with Gasteiger partial charge in [-0.2, -0.15) is 10.4 Å². The Labute approximate surface area is 221 Å². The number of nitriles is 1. The van der Waals surface area contributed by atoms with Crippen molar-refractivity contribution in [1.82, 2.24) is 29.6 Å². The molecule has 0 bridgehead atoms. The number of para-hydroxylation sites is 1. The summed E-state index contributed by atoms with van der Waals surface area (Å²) in [4.78, 5) is 27.9. The van der Waals surface area contributed by atoms with Gasteiger partial charge in [-0.3, -0.25) is 14.4 Å². The average Bonchev–Trinajstić information content (AvgIpc) is 3.35. The molecule has 2 N–H and O–H groups in total. The van der Waals surface area contributed by atoms with Crippen molar-refractivity contribution < 1.29 is 9.53 Å². The van der Waals surface area contributed by atoms with E-state index in [1.54, 1.807) is 43.6 Å². The van der Waals surface area contributed by atoms with Crippen LogP contribution in [-0.4, -0.2) is 56.1 Å². The van der Waals surface area contributed by atoms with Crippen LogP contribution in [0.5, 0.6) is 5.75 Å². The van der Waals surface area contributed by atoms with Gasteiger partial charge in [0, 0.05) is 38.5 Å². The number of hydrogen-bond acceptors (Lipinski definition) is 10. The summed E-state index contributed by atoms with van der Waals surface area (Å²) in [6.07, 6.45) is 5.27. The van der Waals surface area contributed by atoms with E-state index in [4.69, 9.17) is 10.00 Å². The second-order valence-corrected chi connectivity index (χ2v) is 8.65. The molecule has 0 amide bonds. The molecule has 0 saturated heterocycles. The molecule has 0 aliphatic rings. The Kier molecular flexibility index (Phi) is 8.25. The monoisotopic (exact) mass is 511 g/mol. The number of anilines is 4. The minimum absolute atomic E-state index is 0.0444. The number of Topliss-reactive ketones (excluding diaryl/α,β-unsaturated/α-hetero) is 1. The molecule has 0 radical (unpaired) electrons. The number of nitrogens with one attached hydrogen (secondary N) is 2. The fourth-order valence-electron chi connectivity index (χ4n) is 3.89. The molecular formula is C27H29N9O2. The summed E-state index contributed by atoms with van der Waals surface area (Å²) in [6.45, 7) is 2.77. The number of ether oxygens (including phenoxy) is 1. The van der Waals surface area contributed by atoms with Crippen LogP contribution in [0, 0.1) is 11.3 Å². The highest BCUT2D eigenvalue weighted by Crippen LogP contribution is 2.37. The minimum Gasteiger partial charge on any atom is -0.494 e. The predicted molar refractivity (Wildman–Crippen MR) is 145 cm³/mol. The summed E-state index contributed by atoms with van der Waals surface area (Å²) in [5, 5.41) is 19.8. The van der Waals surface area contributed by atoms with Crippen molar-refractivity contribution in [1.29, 1.82) is 5.26 Å². The molecule has 4 aromatic rings. The molecule has 11 nitrogen and oxygen atoms in total.